The molecule has 10 nitrogen and oxygen atoms in total. The van der Waals surface area contributed by atoms with Gasteiger partial charge in [0, 0.05) is 63.4 Å². The Kier molecular flexibility index (Phi) is 11.2. The molecule has 216 valence electrons. The summed E-state index contributed by atoms with van der Waals surface area (Å²) in [4.78, 5) is 29.3. The lowest BCUT2D eigenvalue weighted by molar-refractivity contribution is -0.126. The van der Waals surface area contributed by atoms with Crippen LogP contribution in [0.25, 0.3) is 0 Å². The number of halogens is 1. The zero-order valence-electron chi connectivity index (χ0n) is 23.9. The Bertz CT molecular complexity index is 1180. The van der Waals surface area contributed by atoms with E-state index in [1.807, 2.05) is 6.92 Å². The molecular weight excluding hydrogens is 513 g/mol. The highest BCUT2D eigenvalue weighted by Crippen LogP contribution is 2.38. The Hall–Kier alpha value is -3.75. The maximum atomic E-state index is 14.4. The summed E-state index contributed by atoms with van der Waals surface area (Å²) < 4.78 is 19.7. The van der Waals surface area contributed by atoms with Crippen molar-refractivity contribution < 1.29 is 19.0 Å². The van der Waals surface area contributed by atoms with Gasteiger partial charge in [-0.15, -0.1) is 0 Å². The highest BCUT2D eigenvalue weighted by Gasteiger charge is 2.33. The minimum Gasteiger partial charge on any atom is -0.508 e. The lowest BCUT2D eigenvalue weighted by atomic mass is 10.1. The van der Waals surface area contributed by atoms with Crippen LogP contribution < -0.4 is 9.64 Å². The number of aromatic nitrogens is 2. The van der Waals surface area contributed by atoms with Crippen LogP contribution in [-0.4, -0.2) is 89.1 Å². The molecule has 3 aliphatic rings. The van der Waals surface area contributed by atoms with Gasteiger partial charge >= 0.3 is 6.01 Å². The molecule has 3 aliphatic heterocycles. The number of hydrogen-bond donors (Lipinski definition) is 1. The third-order valence-electron chi connectivity index (χ3n) is 7.34. The molecule has 2 saturated heterocycles. The van der Waals surface area contributed by atoms with E-state index in [0.717, 1.165) is 17.1 Å². The smallest absolute Gasteiger partial charge is 0.318 e. The molecule has 2 fully saturated rings. The van der Waals surface area contributed by atoms with Crippen molar-refractivity contribution in [2.75, 3.05) is 58.3 Å². The monoisotopic (exact) mass is 553 g/mol. The Morgan fingerprint density at radius 2 is 1.82 bits per heavy atom. The number of piperazine rings is 1. The van der Waals surface area contributed by atoms with Crippen LogP contribution in [0.5, 0.6) is 11.8 Å². The zero-order valence-corrected chi connectivity index (χ0v) is 23.9. The molecule has 1 unspecified atom stereocenters. The van der Waals surface area contributed by atoms with Crippen LogP contribution >= 0.6 is 0 Å². The van der Waals surface area contributed by atoms with Crippen molar-refractivity contribution >= 4 is 11.7 Å². The Balaban J connectivity index is 0.000000421. The standard InChI is InChI=1S/C22H26FN5O3.C5H11N.C2H3N/c1-4-19(30)26-8-10-27(11-9-26)21-15-12-28(13-17(15)24-22(25-21)31-3)14(2)20-16(23)6-5-7-18(20)29;1-6-4-2-3-5-6;1-2-3/h4-7,14,29H,1,8-13H2,2-3H3;2-5H2,1H3;1H3. The van der Waals surface area contributed by atoms with Gasteiger partial charge in [0.05, 0.1) is 18.9 Å². The second kappa shape index (κ2) is 14.6. The van der Waals surface area contributed by atoms with Gasteiger partial charge in [-0.2, -0.15) is 15.2 Å². The number of nitrogens with zero attached hydrogens (tertiary/aromatic N) is 7. The largest absolute Gasteiger partial charge is 0.508 e. The van der Waals surface area contributed by atoms with Gasteiger partial charge in [-0.1, -0.05) is 12.6 Å². The van der Waals surface area contributed by atoms with E-state index in [4.69, 9.17) is 10.00 Å². The molecule has 0 bridgehead atoms. The number of hydrogen-bond acceptors (Lipinski definition) is 9. The van der Waals surface area contributed by atoms with Gasteiger partial charge in [0.1, 0.15) is 17.4 Å². The molecular formula is C29H40FN7O3. The van der Waals surface area contributed by atoms with Crippen molar-refractivity contribution in [3.63, 3.8) is 0 Å². The average Bonchev–Trinajstić information content (AvgIpc) is 3.62. The molecule has 0 radical (unpaired) electrons. The SMILES string of the molecule is C=CC(=O)N1CCN(c2nc(OC)nc3c2CN(C(C)c2c(O)cccc2F)C3)CC1.CC#N.CN1CCCC1. The molecule has 11 heteroatoms. The van der Waals surface area contributed by atoms with E-state index in [1.165, 1.54) is 64.2 Å². The first-order chi connectivity index (χ1) is 19.2. The summed E-state index contributed by atoms with van der Waals surface area (Å²) in [5.74, 6) is 0.209. The van der Waals surface area contributed by atoms with Crippen molar-refractivity contribution in [1.29, 1.82) is 5.26 Å². The number of phenols is 1. The van der Waals surface area contributed by atoms with Gasteiger partial charge < -0.3 is 24.5 Å². The number of aromatic hydroxyl groups is 1. The van der Waals surface area contributed by atoms with Gasteiger partial charge in [-0.05, 0) is 58.1 Å². The van der Waals surface area contributed by atoms with E-state index < -0.39 is 5.82 Å². The van der Waals surface area contributed by atoms with Crippen molar-refractivity contribution in [3.05, 3.63) is 53.5 Å². The Morgan fingerprint density at radius 3 is 2.35 bits per heavy atom. The highest BCUT2D eigenvalue weighted by molar-refractivity contribution is 5.87. The summed E-state index contributed by atoms with van der Waals surface area (Å²) in [7, 11) is 3.70. The summed E-state index contributed by atoms with van der Waals surface area (Å²) in [6.07, 6.45) is 4.16. The topological polar surface area (TPSA) is 109 Å². The summed E-state index contributed by atoms with van der Waals surface area (Å²) in [6, 6.07) is 6.02. The quantitative estimate of drug-likeness (QED) is 0.557. The van der Waals surface area contributed by atoms with Crippen LogP contribution in [0.4, 0.5) is 10.2 Å². The van der Waals surface area contributed by atoms with Gasteiger partial charge in [0.2, 0.25) is 5.91 Å². The first kappa shape index (κ1) is 30.8. The van der Waals surface area contributed by atoms with Crippen LogP contribution in [0.3, 0.4) is 0 Å². The number of amides is 1. The van der Waals surface area contributed by atoms with Gasteiger partial charge in [-0.3, -0.25) is 9.69 Å². The molecule has 40 heavy (non-hydrogen) atoms. The summed E-state index contributed by atoms with van der Waals surface area (Å²) in [6.45, 7) is 12.9. The fraction of sp³-hybridized carbons (Fsp3) is 0.517. The average molecular weight is 554 g/mol. The number of anilines is 1. The molecule has 1 atom stereocenters. The number of nitriles is 1. The first-order valence-corrected chi connectivity index (χ1v) is 13.5. The summed E-state index contributed by atoms with van der Waals surface area (Å²) in [5, 5.41) is 17.5. The van der Waals surface area contributed by atoms with Crippen molar-refractivity contribution in [2.45, 2.75) is 45.8 Å². The predicted molar refractivity (Wildman–Crippen MR) is 151 cm³/mol. The van der Waals surface area contributed by atoms with Gasteiger partial charge in [0.25, 0.3) is 0 Å². The number of rotatable bonds is 5. The van der Waals surface area contributed by atoms with Crippen molar-refractivity contribution in [3.8, 4) is 17.8 Å². The molecule has 1 aromatic heterocycles. The minimum absolute atomic E-state index is 0.0599. The molecule has 1 N–H and O–H groups in total. The molecule has 5 rings (SSSR count). The number of phenolic OH excluding ortho intramolecular Hbond substituents is 1. The minimum atomic E-state index is -0.435. The summed E-state index contributed by atoms with van der Waals surface area (Å²) in [5.41, 5.74) is 2.06. The van der Waals surface area contributed by atoms with E-state index in [2.05, 4.69) is 38.3 Å². The molecule has 4 heterocycles. The fourth-order valence-corrected chi connectivity index (χ4v) is 5.13. The van der Waals surface area contributed by atoms with Crippen LogP contribution in [0.15, 0.2) is 30.9 Å². The van der Waals surface area contributed by atoms with E-state index in [1.54, 1.807) is 11.0 Å². The summed E-state index contributed by atoms with van der Waals surface area (Å²) >= 11 is 0. The Morgan fingerprint density at radius 1 is 1.18 bits per heavy atom. The van der Waals surface area contributed by atoms with Crippen molar-refractivity contribution in [2.24, 2.45) is 0 Å². The second-order valence-electron chi connectivity index (χ2n) is 9.96. The number of methoxy groups -OCH3 is 1. The molecule has 0 spiro atoms. The van der Waals surface area contributed by atoms with E-state index in [-0.39, 0.29) is 29.3 Å². The lowest BCUT2D eigenvalue weighted by Crippen LogP contribution is -2.48. The third-order valence-corrected chi connectivity index (χ3v) is 7.34. The molecule has 2 aromatic rings. The maximum Gasteiger partial charge on any atom is 0.318 e. The Labute approximate surface area is 236 Å². The molecule has 1 amide bonds. The normalized spacial score (nSPS) is 17.5. The van der Waals surface area contributed by atoms with Crippen LogP contribution in [-0.2, 0) is 17.9 Å². The maximum absolute atomic E-state index is 14.4. The number of carbonyl (C=O) groups excluding carboxylic acids is 1. The fourth-order valence-electron chi connectivity index (χ4n) is 5.13. The van der Waals surface area contributed by atoms with E-state index in [0.29, 0.717) is 39.3 Å². The number of benzene rings is 1. The predicted octanol–water partition coefficient (Wildman–Crippen LogP) is 3.48. The number of ether oxygens (including phenoxy) is 1. The number of carbonyl (C=O) groups is 1. The van der Waals surface area contributed by atoms with E-state index >= 15 is 0 Å². The van der Waals surface area contributed by atoms with E-state index in [9.17, 15) is 14.3 Å². The first-order valence-electron chi connectivity index (χ1n) is 13.5. The number of likely N-dealkylation sites (tertiary alicyclic amines) is 1. The zero-order chi connectivity index (χ0) is 29.2. The lowest BCUT2D eigenvalue weighted by Gasteiger charge is -2.35. The van der Waals surface area contributed by atoms with Crippen LogP contribution in [0, 0.1) is 17.1 Å². The molecule has 1 aromatic carbocycles. The highest BCUT2D eigenvalue weighted by atomic mass is 19.1. The van der Waals surface area contributed by atoms with Crippen LogP contribution in [0.1, 0.15) is 49.6 Å². The van der Waals surface area contributed by atoms with Gasteiger partial charge in [-0.25, -0.2) is 4.39 Å². The molecule has 0 saturated carbocycles. The molecule has 0 aliphatic carbocycles. The van der Waals surface area contributed by atoms with Gasteiger partial charge in [0.15, 0.2) is 0 Å². The van der Waals surface area contributed by atoms with Crippen LogP contribution in [0.2, 0.25) is 0 Å². The second-order valence-corrected chi connectivity index (χ2v) is 9.96. The third kappa shape index (κ3) is 7.46. The number of fused-ring (bicyclic) bond motifs is 1. The van der Waals surface area contributed by atoms with Crippen molar-refractivity contribution in [1.82, 2.24) is 24.7 Å².